The van der Waals surface area contributed by atoms with Crippen molar-refractivity contribution >= 4 is 0 Å². The van der Waals surface area contributed by atoms with E-state index in [1.807, 2.05) is 0 Å². The van der Waals surface area contributed by atoms with Crippen LogP contribution in [0.5, 0.6) is 5.75 Å². The highest BCUT2D eigenvalue weighted by atomic mass is 19.1. The Hall–Kier alpha value is -1.13. The number of aliphatic hydroxyl groups excluding tert-OH is 1. The summed E-state index contributed by atoms with van der Waals surface area (Å²) >= 11 is 0. The third-order valence-corrected chi connectivity index (χ3v) is 1.80. The number of hydrogen-bond acceptors (Lipinski definition) is 3. The monoisotopic (exact) mass is 185 g/mol. The lowest BCUT2D eigenvalue weighted by Crippen LogP contribution is -2.16. The molecule has 3 nitrogen and oxygen atoms in total. The predicted octanol–water partition coefficient (Wildman–Crippen LogP) is 0.826. The lowest BCUT2D eigenvalue weighted by molar-refractivity contribution is 0.265. The molecule has 0 heterocycles. The average molecular weight is 185 g/mol. The minimum Gasteiger partial charge on any atom is -0.497 e. The van der Waals surface area contributed by atoms with E-state index < -0.39 is 11.9 Å². The molecule has 13 heavy (non-hydrogen) atoms. The number of nitrogens with two attached hydrogens (primary N) is 1. The van der Waals surface area contributed by atoms with Gasteiger partial charge in [-0.2, -0.15) is 0 Å². The first-order valence-electron chi connectivity index (χ1n) is 3.89. The van der Waals surface area contributed by atoms with Gasteiger partial charge in [-0.3, -0.25) is 0 Å². The van der Waals surface area contributed by atoms with Gasteiger partial charge in [-0.05, 0) is 18.2 Å². The van der Waals surface area contributed by atoms with Gasteiger partial charge in [-0.25, -0.2) is 4.39 Å². The molecule has 1 rings (SSSR count). The number of hydrogen-bond donors (Lipinski definition) is 2. The van der Waals surface area contributed by atoms with E-state index in [0.717, 1.165) is 0 Å². The number of aliphatic hydroxyl groups is 1. The summed E-state index contributed by atoms with van der Waals surface area (Å²) in [5.41, 5.74) is 5.74. The molecule has 72 valence electrons. The van der Waals surface area contributed by atoms with Crippen LogP contribution in [-0.2, 0) is 0 Å². The Morgan fingerprint density at radius 2 is 2.31 bits per heavy atom. The van der Waals surface area contributed by atoms with E-state index in [9.17, 15) is 4.39 Å². The fourth-order valence-corrected chi connectivity index (χ4v) is 1.03. The molecule has 0 aliphatic carbocycles. The summed E-state index contributed by atoms with van der Waals surface area (Å²) in [5.74, 6) is 0.0997. The second kappa shape index (κ2) is 4.20. The van der Waals surface area contributed by atoms with E-state index >= 15 is 0 Å². The summed E-state index contributed by atoms with van der Waals surface area (Å²) in [4.78, 5) is 0. The van der Waals surface area contributed by atoms with Crippen LogP contribution in [0.1, 0.15) is 11.6 Å². The maximum atomic E-state index is 13.1. The Balaban J connectivity index is 3.03. The molecular formula is C9H12FNO2. The highest BCUT2D eigenvalue weighted by Gasteiger charge is 2.10. The molecule has 4 heteroatoms. The van der Waals surface area contributed by atoms with E-state index in [1.54, 1.807) is 0 Å². The van der Waals surface area contributed by atoms with Crippen LogP contribution in [0.3, 0.4) is 0 Å². The van der Waals surface area contributed by atoms with Gasteiger partial charge >= 0.3 is 0 Å². The van der Waals surface area contributed by atoms with Crippen molar-refractivity contribution in [3.63, 3.8) is 0 Å². The summed E-state index contributed by atoms with van der Waals surface area (Å²) in [5, 5.41) is 8.74. The highest BCUT2D eigenvalue weighted by molar-refractivity contribution is 5.31. The summed E-state index contributed by atoms with van der Waals surface area (Å²) < 4.78 is 18.0. The van der Waals surface area contributed by atoms with Crippen LogP contribution < -0.4 is 10.5 Å². The van der Waals surface area contributed by atoms with Crippen molar-refractivity contribution in [2.24, 2.45) is 5.73 Å². The zero-order valence-corrected chi connectivity index (χ0v) is 7.33. The van der Waals surface area contributed by atoms with Crippen molar-refractivity contribution in [3.8, 4) is 5.75 Å². The molecule has 1 aromatic carbocycles. The summed E-state index contributed by atoms with van der Waals surface area (Å²) in [6.45, 7) is -0.288. The molecular weight excluding hydrogens is 173 g/mol. The maximum absolute atomic E-state index is 13.1. The Labute approximate surface area is 75.9 Å². The number of halogens is 1. The molecule has 0 saturated carbocycles. The first kappa shape index (κ1) is 9.95. The van der Waals surface area contributed by atoms with Gasteiger partial charge in [-0.15, -0.1) is 0 Å². The van der Waals surface area contributed by atoms with Crippen LogP contribution in [-0.4, -0.2) is 18.8 Å². The fraction of sp³-hybridized carbons (Fsp3) is 0.333. The molecule has 0 aromatic heterocycles. The minimum atomic E-state index is -0.699. The lowest BCUT2D eigenvalue weighted by Gasteiger charge is -2.10. The first-order chi connectivity index (χ1) is 6.19. The van der Waals surface area contributed by atoms with Gasteiger partial charge in [-0.1, -0.05) is 0 Å². The third kappa shape index (κ3) is 2.17. The first-order valence-corrected chi connectivity index (χ1v) is 3.89. The zero-order chi connectivity index (χ0) is 9.84. The Bertz CT molecular complexity index is 291. The highest BCUT2D eigenvalue weighted by Crippen LogP contribution is 2.20. The maximum Gasteiger partial charge on any atom is 0.128 e. The van der Waals surface area contributed by atoms with E-state index in [1.165, 1.54) is 25.3 Å². The smallest absolute Gasteiger partial charge is 0.128 e. The number of benzene rings is 1. The fourth-order valence-electron chi connectivity index (χ4n) is 1.03. The molecule has 3 N–H and O–H groups in total. The van der Waals surface area contributed by atoms with Crippen molar-refractivity contribution in [2.45, 2.75) is 6.04 Å². The van der Waals surface area contributed by atoms with Crippen LogP contribution in [0.15, 0.2) is 18.2 Å². The van der Waals surface area contributed by atoms with Crippen LogP contribution in [0.2, 0.25) is 0 Å². The van der Waals surface area contributed by atoms with Gasteiger partial charge in [0.2, 0.25) is 0 Å². The van der Waals surface area contributed by atoms with Gasteiger partial charge < -0.3 is 15.6 Å². The van der Waals surface area contributed by atoms with Crippen molar-refractivity contribution in [3.05, 3.63) is 29.6 Å². The predicted molar refractivity (Wildman–Crippen MR) is 47.0 cm³/mol. The SMILES string of the molecule is COc1ccc(F)c(C(N)CO)c1. The normalized spacial score (nSPS) is 12.6. The Kier molecular flexibility index (Phi) is 3.22. The van der Waals surface area contributed by atoms with Gasteiger partial charge in [0, 0.05) is 5.56 Å². The van der Waals surface area contributed by atoms with Gasteiger partial charge in [0.25, 0.3) is 0 Å². The largest absolute Gasteiger partial charge is 0.497 e. The van der Waals surface area contributed by atoms with E-state index in [2.05, 4.69) is 0 Å². The standard InChI is InChI=1S/C9H12FNO2/c1-13-6-2-3-8(10)7(4-6)9(11)5-12/h2-4,9,12H,5,11H2,1H3. The molecule has 1 atom stereocenters. The summed E-state index contributed by atoms with van der Waals surface area (Å²) in [6, 6.07) is 3.55. The van der Waals surface area contributed by atoms with Crippen molar-refractivity contribution < 1.29 is 14.2 Å². The molecule has 1 aromatic rings. The summed E-state index contributed by atoms with van der Waals surface area (Å²) in [6.07, 6.45) is 0. The van der Waals surface area contributed by atoms with Crippen molar-refractivity contribution in [1.82, 2.24) is 0 Å². The molecule has 0 radical (unpaired) electrons. The molecule has 0 spiro atoms. The molecule has 0 aliphatic rings. The van der Waals surface area contributed by atoms with Crippen molar-refractivity contribution in [2.75, 3.05) is 13.7 Å². The second-order valence-corrected chi connectivity index (χ2v) is 2.68. The van der Waals surface area contributed by atoms with Crippen LogP contribution in [0, 0.1) is 5.82 Å². The van der Waals surface area contributed by atoms with Gasteiger partial charge in [0.05, 0.1) is 19.8 Å². The lowest BCUT2D eigenvalue weighted by atomic mass is 10.1. The van der Waals surface area contributed by atoms with Gasteiger partial charge in [0.15, 0.2) is 0 Å². The third-order valence-electron chi connectivity index (χ3n) is 1.80. The Morgan fingerprint density at radius 1 is 1.62 bits per heavy atom. The van der Waals surface area contributed by atoms with Crippen molar-refractivity contribution in [1.29, 1.82) is 0 Å². The zero-order valence-electron chi connectivity index (χ0n) is 7.33. The van der Waals surface area contributed by atoms with Crippen LogP contribution in [0.25, 0.3) is 0 Å². The molecule has 0 saturated heterocycles. The molecule has 0 bridgehead atoms. The summed E-state index contributed by atoms with van der Waals surface area (Å²) in [7, 11) is 1.49. The number of ether oxygens (including phenoxy) is 1. The Morgan fingerprint density at radius 3 is 2.85 bits per heavy atom. The van der Waals surface area contributed by atoms with Gasteiger partial charge in [0.1, 0.15) is 11.6 Å². The van der Waals surface area contributed by atoms with E-state index in [0.29, 0.717) is 5.75 Å². The van der Waals surface area contributed by atoms with E-state index in [4.69, 9.17) is 15.6 Å². The van der Waals surface area contributed by atoms with E-state index in [-0.39, 0.29) is 12.2 Å². The molecule has 0 amide bonds. The van der Waals surface area contributed by atoms with Crippen LogP contribution in [0.4, 0.5) is 4.39 Å². The quantitative estimate of drug-likeness (QED) is 0.733. The topological polar surface area (TPSA) is 55.5 Å². The number of methoxy groups -OCH3 is 1. The number of rotatable bonds is 3. The van der Waals surface area contributed by atoms with Crippen LogP contribution >= 0.6 is 0 Å². The molecule has 0 fully saturated rings. The second-order valence-electron chi connectivity index (χ2n) is 2.68. The minimum absolute atomic E-state index is 0.266. The molecule has 1 unspecified atom stereocenters. The molecule has 0 aliphatic heterocycles. The average Bonchev–Trinajstić information content (AvgIpc) is 2.17.